The number of aliphatic hydroxyl groups excluding tert-OH is 1. The van der Waals surface area contributed by atoms with Gasteiger partial charge in [-0.2, -0.15) is 0 Å². The fourth-order valence-corrected chi connectivity index (χ4v) is 2.04. The van der Waals surface area contributed by atoms with Gasteiger partial charge in [-0.1, -0.05) is 39.7 Å². The van der Waals surface area contributed by atoms with Crippen LogP contribution in [-0.4, -0.2) is 10.1 Å². The predicted molar refractivity (Wildman–Crippen MR) is 71.9 cm³/mol. The summed E-state index contributed by atoms with van der Waals surface area (Å²) in [5.74, 6) is 0. The van der Waals surface area contributed by atoms with Crippen LogP contribution in [0.3, 0.4) is 0 Å². The highest BCUT2D eigenvalue weighted by Gasteiger charge is 2.09. The van der Waals surface area contributed by atoms with E-state index in [9.17, 15) is 0 Å². The fourth-order valence-electron chi connectivity index (χ4n) is 1.58. The molecule has 1 radical (unpaired) electrons. The van der Waals surface area contributed by atoms with Gasteiger partial charge in [0.1, 0.15) is 0 Å². The maximum Gasteiger partial charge on any atom is 0.0868 e. The average molecular weight is 312 g/mol. The van der Waals surface area contributed by atoms with Gasteiger partial charge in [-0.3, -0.25) is 4.98 Å². The van der Waals surface area contributed by atoms with Gasteiger partial charge in [-0.25, -0.2) is 0 Å². The van der Waals surface area contributed by atoms with Crippen molar-refractivity contribution in [3.63, 3.8) is 0 Å². The second-order valence-electron chi connectivity index (χ2n) is 3.62. The first-order valence-electron chi connectivity index (χ1n) is 5.07. The number of aliphatic hydroxyl groups is 1. The molecule has 87 valence electrons. The van der Waals surface area contributed by atoms with E-state index in [0.29, 0.717) is 10.7 Å². The maximum atomic E-state index is 9.07. The van der Waals surface area contributed by atoms with Gasteiger partial charge in [0.15, 0.2) is 0 Å². The molecular weight excluding hydrogens is 302 g/mol. The van der Waals surface area contributed by atoms with Crippen molar-refractivity contribution in [2.45, 2.75) is 13.5 Å². The smallest absolute Gasteiger partial charge is 0.0868 e. The molecule has 2 rings (SSSR count). The van der Waals surface area contributed by atoms with Crippen molar-refractivity contribution in [1.82, 2.24) is 4.98 Å². The maximum absolute atomic E-state index is 9.07. The van der Waals surface area contributed by atoms with Gasteiger partial charge in [0.25, 0.3) is 0 Å². The molecule has 0 fully saturated rings. The summed E-state index contributed by atoms with van der Waals surface area (Å²) in [6.45, 7) is 1.71. The van der Waals surface area contributed by atoms with E-state index >= 15 is 0 Å². The van der Waals surface area contributed by atoms with Crippen LogP contribution in [0.25, 0.3) is 11.1 Å². The van der Waals surface area contributed by atoms with Crippen molar-refractivity contribution in [2.24, 2.45) is 0 Å². The summed E-state index contributed by atoms with van der Waals surface area (Å²) in [6.07, 6.45) is 0. The summed E-state index contributed by atoms with van der Waals surface area (Å²) >= 11 is 9.38. The Labute approximate surface area is 113 Å². The lowest BCUT2D eigenvalue weighted by molar-refractivity contribution is 0.276. The van der Waals surface area contributed by atoms with E-state index < -0.39 is 0 Å². The Bertz CT molecular complexity index is 540. The monoisotopic (exact) mass is 310 g/mol. The van der Waals surface area contributed by atoms with Crippen LogP contribution >= 0.6 is 27.5 Å². The molecule has 0 aliphatic carbocycles. The zero-order valence-electron chi connectivity index (χ0n) is 9.17. The van der Waals surface area contributed by atoms with Gasteiger partial charge < -0.3 is 5.11 Å². The number of pyridine rings is 1. The van der Waals surface area contributed by atoms with Crippen LogP contribution < -0.4 is 0 Å². The van der Waals surface area contributed by atoms with Gasteiger partial charge in [0.05, 0.1) is 17.3 Å². The quantitative estimate of drug-likeness (QED) is 0.916. The largest absolute Gasteiger partial charge is 0.390 e. The Kier molecular flexibility index (Phi) is 3.82. The highest BCUT2D eigenvalue weighted by molar-refractivity contribution is 9.10. The first-order valence-corrected chi connectivity index (χ1v) is 6.24. The number of halogens is 2. The summed E-state index contributed by atoms with van der Waals surface area (Å²) in [4.78, 5) is 4.27. The van der Waals surface area contributed by atoms with Gasteiger partial charge in [0.2, 0.25) is 0 Å². The van der Waals surface area contributed by atoms with E-state index in [1.165, 1.54) is 0 Å². The fraction of sp³-hybridized carbons (Fsp3) is 0.154. The molecule has 0 saturated heterocycles. The van der Waals surface area contributed by atoms with Crippen molar-refractivity contribution in [1.29, 1.82) is 0 Å². The number of aryl methyl sites for hydroxylation is 1. The molecular formula is C13H10BrClNO. The van der Waals surface area contributed by atoms with Crippen LogP contribution in [0.15, 0.2) is 28.7 Å². The molecule has 1 aromatic carbocycles. The Morgan fingerprint density at radius 2 is 2.00 bits per heavy atom. The summed E-state index contributed by atoms with van der Waals surface area (Å²) in [5, 5.41) is 9.44. The highest BCUT2D eigenvalue weighted by atomic mass is 79.9. The SMILES string of the molecule is Cc1nc(CO)c(Cl)[c]c1-c1ccc(Br)cc1. The lowest BCUT2D eigenvalue weighted by atomic mass is 10.0. The first kappa shape index (κ1) is 12.6. The molecule has 2 nitrogen and oxygen atoms in total. The Hall–Kier alpha value is -0.900. The molecule has 0 aliphatic heterocycles. The minimum atomic E-state index is -0.170. The number of hydrogen-bond donors (Lipinski definition) is 1. The van der Waals surface area contributed by atoms with Crippen molar-refractivity contribution in [3.05, 3.63) is 51.2 Å². The molecule has 1 heterocycles. The molecule has 0 amide bonds. The van der Waals surface area contributed by atoms with E-state index in [2.05, 4.69) is 27.0 Å². The van der Waals surface area contributed by atoms with Crippen molar-refractivity contribution in [3.8, 4) is 11.1 Å². The van der Waals surface area contributed by atoms with Crippen LogP contribution in [0.5, 0.6) is 0 Å². The van der Waals surface area contributed by atoms with E-state index in [4.69, 9.17) is 16.7 Å². The zero-order chi connectivity index (χ0) is 12.4. The molecule has 0 saturated carbocycles. The Balaban J connectivity index is 2.52. The lowest BCUT2D eigenvalue weighted by Gasteiger charge is -2.08. The van der Waals surface area contributed by atoms with E-state index in [1.807, 2.05) is 31.2 Å². The molecule has 17 heavy (non-hydrogen) atoms. The minimum Gasteiger partial charge on any atom is -0.390 e. The zero-order valence-corrected chi connectivity index (χ0v) is 11.5. The predicted octanol–water partition coefficient (Wildman–Crippen LogP) is 3.77. The average Bonchev–Trinajstić information content (AvgIpc) is 2.33. The van der Waals surface area contributed by atoms with Gasteiger partial charge >= 0.3 is 0 Å². The number of rotatable bonds is 2. The van der Waals surface area contributed by atoms with Gasteiger partial charge in [0, 0.05) is 21.8 Å². The number of hydrogen-bond acceptors (Lipinski definition) is 2. The van der Waals surface area contributed by atoms with E-state index in [-0.39, 0.29) is 6.61 Å². The summed E-state index contributed by atoms with van der Waals surface area (Å²) in [7, 11) is 0. The third-order valence-electron chi connectivity index (χ3n) is 2.44. The number of aromatic nitrogens is 1. The van der Waals surface area contributed by atoms with E-state index in [0.717, 1.165) is 21.3 Å². The van der Waals surface area contributed by atoms with Crippen molar-refractivity contribution >= 4 is 27.5 Å². The lowest BCUT2D eigenvalue weighted by Crippen LogP contribution is -1.96. The second-order valence-corrected chi connectivity index (χ2v) is 4.92. The third kappa shape index (κ3) is 2.68. The summed E-state index contributed by atoms with van der Waals surface area (Å²) in [5.41, 5.74) is 3.13. The normalized spacial score (nSPS) is 10.6. The topological polar surface area (TPSA) is 33.1 Å². The number of benzene rings is 1. The molecule has 2 aromatic rings. The van der Waals surface area contributed by atoms with Gasteiger partial charge in [-0.15, -0.1) is 0 Å². The van der Waals surface area contributed by atoms with Crippen LogP contribution in [0.1, 0.15) is 11.4 Å². The molecule has 0 atom stereocenters. The standard InChI is InChI=1S/C13H10BrClNO/c1-8-11(6-12(15)13(7-17)16-8)9-2-4-10(14)5-3-9/h2-5,17H,7H2,1H3. The van der Waals surface area contributed by atoms with E-state index in [1.54, 1.807) is 0 Å². The molecule has 4 heteroatoms. The molecule has 0 bridgehead atoms. The third-order valence-corrected chi connectivity index (χ3v) is 3.28. The molecule has 1 aromatic heterocycles. The van der Waals surface area contributed by atoms with Crippen LogP contribution in [0.2, 0.25) is 5.02 Å². The van der Waals surface area contributed by atoms with Crippen LogP contribution in [0.4, 0.5) is 0 Å². The highest BCUT2D eigenvalue weighted by Crippen LogP contribution is 2.27. The molecule has 0 unspecified atom stereocenters. The Morgan fingerprint density at radius 3 is 2.59 bits per heavy atom. The first-order chi connectivity index (χ1) is 8.11. The summed E-state index contributed by atoms with van der Waals surface area (Å²) < 4.78 is 1.02. The van der Waals surface area contributed by atoms with Crippen LogP contribution in [-0.2, 0) is 6.61 Å². The Morgan fingerprint density at radius 1 is 1.35 bits per heavy atom. The molecule has 0 spiro atoms. The minimum absolute atomic E-state index is 0.170. The molecule has 0 aliphatic rings. The number of nitrogens with zero attached hydrogens (tertiary/aromatic N) is 1. The van der Waals surface area contributed by atoms with Crippen molar-refractivity contribution < 1.29 is 5.11 Å². The van der Waals surface area contributed by atoms with Gasteiger partial charge in [-0.05, 0) is 24.6 Å². The van der Waals surface area contributed by atoms with Crippen LogP contribution in [0, 0.1) is 13.0 Å². The summed E-state index contributed by atoms with van der Waals surface area (Å²) in [6, 6.07) is 10.9. The molecule has 1 N–H and O–H groups in total. The van der Waals surface area contributed by atoms with Crippen molar-refractivity contribution in [2.75, 3.05) is 0 Å². The second kappa shape index (κ2) is 5.17.